The summed E-state index contributed by atoms with van der Waals surface area (Å²) in [6.45, 7) is 8.52. The van der Waals surface area contributed by atoms with E-state index < -0.39 is 0 Å². The van der Waals surface area contributed by atoms with Crippen LogP contribution < -0.4 is 5.73 Å². The summed E-state index contributed by atoms with van der Waals surface area (Å²) in [5, 5.41) is 1.20. The summed E-state index contributed by atoms with van der Waals surface area (Å²) in [5.41, 5.74) is 7.04. The van der Waals surface area contributed by atoms with Crippen molar-refractivity contribution in [1.82, 2.24) is 9.88 Å². The second-order valence-electron chi connectivity index (χ2n) is 5.91. The molecule has 1 aromatic heterocycles. The van der Waals surface area contributed by atoms with Crippen molar-refractivity contribution in [2.75, 3.05) is 26.7 Å². The number of rotatable bonds is 6. The second kappa shape index (κ2) is 7.50. The molecule has 5 heteroatoms. The molecule has 1 saturated heterocycles. The Labute approximate surface area is 126 Å². The maximum Gasteiger partial charge on any atom is 0.0945 e. The third kappa shape index (κ3) is 4.25. The molecule has 0 aromatic carbocycles. The quantitative estimate of drug-likeness (QED) is 0.877. The van der Waals surface area contributed by atoms with Crippen molar-refractivity contribution in [2.45, 2.75) is 45.8 Å². The first kappa shape index (κ1) is 15.9. The fourth-order valence-electron chi connectivity index (χ4n) is 2.66. The monoisotopic (exact) mass is 297 g/mol. The third-order valence-corrected chi connectivity index (χ3v) is 5.34. The fraction of sp³-hybridized carbons (Fsp3) is 0.800. The van der Waals surface area contributed by atoms with Gasteiger partial charge in [0.15, 0.2) is 0 Å². The van der Waals surface area contributed by atoms with Gasteiger partial charge in [-0.15, -0.1) is 11.3 Å². The summed E-state index contributed by atoms with van der Waals surface area (Å²) in [5.74, 6) is 0.893. The topological polar surface area (TPSA) is 51.4 Å². The third-order valence-electron chi connectivity index (χ3n) is 3.98. The van der Waals surface area contributed by atoms with Crippen molar-refractivity contribution in [2.24, 2.45) is 11.7 Å². The van der Waals surface area contributed by atoms with Crippen LogP contribution in [-0.4, -0.2) is 36.6 Å². The summed E-state index contributed by atoms with van der Waals surface area (Å²) >= 11 is 1.75. The number of methoxy groups -OCH3 is 1. The SMILES string of the molecule is COCc1nc(CCN2CCC(C)CC2)sc1C(C)N. The highest BCUT2D eigenvalue weighted by Crippen LogP contribution is 2.25. The van der Waals surface area contributed by atoms with Crippen molar-refractivity contribution in [3.63, 3.8) is 0 Å². The van der Waals surface area contributed by atoms with Crippen molar-refractivity contribution in [1.29, 1.82) is 0 Å². The van der Waals surface area contributed by atoms with Gasteiger partial charge >= 0.3 is 0 Å². The van der Waals surface area contributed by atoms with Crippen LogP contribution in [0.15, 0.2) is 0 Å². The average molecular weight is 297 g/mol. The fourth-order valence-corrected chi connectivity index (χ4v) is 3.67. The summed E-state index contributed by atoms with van der Waals surface area (Å²) in [4.78, 5) is 8.44. The Morgan fingerprint density at radius 3 is 2.75 bits per heavy atom. The highest BCUT2D eigenvalue weighted by molar-refractivity contribution is 7.11. The molecule has 1 aliphatic rings. The van der Waals surface area contributed by atoms with E-state index in [2.05, 4.69) is 11.8 Å². The Morgan fingerprint density at radius 1 is 1.45 bits per heavy atom. The Bertz CT molecular complexity index is 411. The standard InChI is InChI=1S/C15H27N3OS/c1-11-4-7-18(8-5-11)9-6-14-17-13(10-19-3)15(20-14)12(2)16/h11-12H,4-10,16H2,1-3H3. The van der Waals surface area contributed by atoms with Crippen LogP contribution in [0.2, 0.25) is 0 Å². The molecule has 2 N–H and O–H groups in total. The van der Waals surface area contributed by atoms with Gasteiger partial charge in [0.25, 0.3) is 0 Å². The first-order valence-electron chi connectivity index (χ1n) is 7.55. The number of nitrogens with zero attached hydrogens (tertiary/aromatic N) is 2. The van der Waals surface area contributed by atoms with Crippen molar-refractivity contribution >= 4 is 11.3 Å². The highest BCUT2D eigenvalue weighted by Gasteiger charge is 2.18. The lowest BCUT2D eigenvalue weighted by Crippen LogP contribution is -2.34. The van der Waals surface area contributed by atoms with Gasteiger partial charge < -0.3 is 15.4 Å². The van der Waals surface area contributed by atoms with Crippen LogP contribution in [0.5, 0.6) is 0 Å². The Morgan fingerprint density at radius 2 is 2.15 bits per heavy atom. The number of ether oxygens (including phenoxy) is 1. The highest BCUT2D eigenvalue weighted by atomic mass is 32.1. The van der Waals surface area contributed by atoms with E-state index in [9.17, 15) is 0 Å². The van der Waals surface area contributed by atoms with E-state index in [0.717, 1.165) is 24.6 Å². The van der Waals surface area contributed by atoms with Gasteiger partial charge in [0.2, 0.25) is 0 Å². The Balaban J connectivity index is 1.90. The molecule has 114 valence electrons. The van der Waals surface area contributed by atoms with Gasteiger partial charge in [-0.25, -0.2) is 4.98 Å². The van der Waals surface area contributed by atoms with Gasteiger partial charge in [-0.05, 0) is 38.8 Å². The number of piperidine rings is 1. The van der Waals surface area contributed by atoms with Gasteiger partial charge in [0.05, 0.1) is 17.3 Å². The summed E-state index contributed by atoms with van der Waals surface area (Å²) in [6, 6.07) is 0.0437. The van der Waals surface area contributed by atoms with Crippen LogP contribution >= 0.6 is 11.3 Å². The van der Waals surface area contributed by atoms with Crippen LogP contribution in [0.1, 0.15) is 48.3 Å². The average Bonchev–Trinajstić information content (AvgIpc) is 2.82. The molecule has 1 aliphatic heterocycles. The molecule has 1 atom stereocenters. The largest absolute Gasteiger partial charge is 0.378 e. The van der Waals surface area contributed by atoms with Crippen LogP contribution in [0.4, 0.5) is 0 Å². The lowest BCUT2D eigenvalue weighted by atomic mass is 9.99. The van der Waals surface area contributed by atoms with Crippen molar-refractivity contribution < 1.29 is 4.74 Å². The predicted molar refractivity (Wildman–Crippen MR) is 84.0 cm³/mol. The van der Waals surface area contributed by atoms with Gasteiger partial charge in [-0.3, -0.25) is 0 Å². The molecule has 0 amide bonds. The summed E-state index contributed by atoms with van der Waals surface area (Å²) in [6.07, 6.45) is 3.69. The molecule has 1 unspecified atom stereocenters. The molecule has 0 bridgehead atoms. The molecule has 1 aromatic rings. The minimum absolute atomic E-state index is 0.0437. The number of thiazole rings is 1. The van der Waals surface area contributed by atoms with E-state index in [0.29, 0.717) is 6.61 Å². The molecule has 20 heavy (non-hydrogen) atoms. The molecule has 2 rings (SSSR count). The van der Waals surface area contributed by atoms with E-state index in [1.54, 1.807) is 18.4 Å². The van der Waals surface area contributed by atoms with Crippen LogP contribution in [0, 0.1) is 5.92 Å². The number of nitrogens with two attached hydrogens (primary N) is 1. The lowest BCUT2D eigenvalue weighted by molar-refractivity contribution is 0.180. The van der Waals surface area contributed by atoms with E-state index in [-0.39, 0.29) is 6.04 Å². The van der Waals surface area contributed by atoms with Crippen LogP contribution in [0.3, 0.4) is 0 Å². The number of hydrogen-bond acceptors (Lipinski definition) is 5. The van der Waals surface area contributed by atoms with Crippen molar-refractivity contribution in [3.8, 4) is 0 Å². The molecule has 1 fully saturated rings. The molecular weight excluding hydrogens is 270 g/mol. The zero-order valence-electron chi connectivity index (χ0n) is 12.9. The first-order valence-corrected chi connectivity index (χ1v) is 8.37. The van der Waals surface area contributed by atoms with Crippen LogP contribution in [-0.2, 0) is 17.8 Å². The normalized spacial score (nSPS) is 19.4. The van der Waals surface area contributed by atoms with E-state index in [1.807, 2.05) is 6.92 Å². The summed E-state index contributed by atoms with van der Waals surface area (Å²) < 4.78 is 5.22. The Hall–Kier alpha value is -0.490. The zero-order chi connectivity index (χ0) is 14.5. The first-order chi connectivity index (χ1) is 9.60. The van der Waals surface area contributed by atoms with Gasteiger partial charge in [-0.2, -0.15) is 0 Å². The second-order valence-corrected chi connectivity index (χ2v) is 7.03. The van der Waals surface area contributed by atoms with E-state index in [4.69, 9.17) is 15.5 Å². The lowest BCUT2D eigenvalue weighted by Gasteiger charge is -2.29. The van der Waals surface area contributed by atoms with Gasteiger partial charge in [0.1, 0.15) is 0 Å². The maximum atomic E-state index is 6.02. The number of aromatic nitrogens is 1. The summed E-state index contributed by atoms with van der Waals surface area (Å²) in [7, 11) is 1.71. The van der Waals surface area contributed by atoms with Gasteiger partial charge in [-0.1, -0.05) is 6.92 Å². The molecule has 2 heterocycles. The molecular formula is C15H27N3OS. The molecule has 4 nitrogen and oxygen atoms in total. The van der Waals surface area contributed by atoms with E-state index >= 15 is 0 Å². The van der Waals surface area contributed by atoms with Gasteiger partial charge in [0, 0.05) is 31.0 Å². The minimum atomic E-state index is 0.0437. The smallest absolute Gasteiger partial charge is 0.0945 e. The maximum absolute atomic E-state index is 6.02. The van der Waals surface area contributed by atoms with Crippen molar-refractivity contribution in [3.05, 3.63) is 15.6 Å². The molecule has 0 spiro atoms. The van der Waals surface area contributed by atoms with E-state index in [1.165, 1.54) is 35.8 Å². The minimum Gasteiger partial charge on any atom is -0.378 e. The molecule has 0 saturated carbocycles. The molecule has 0 radical (unpaired) electrons. The predicted octanol–water partition coefficient (Wildman–Crippen LogP) is 2.58. The zero-order valence-corrected chi connectivity index (χ0v) is 13.7. The molecule has 0 aliphatic carbocycles. The number of likely N-dealkylation sites (tertiary alicyclic amines) is 1. The van der Waals surface area contributed by atoms with Crippen LogP contribution in [0.25, 0.3) is 0 Å². The number of hydrogen-bond donors (Lipinski definition) is 1. The Kier molecular flexibility index (Phi) is 5.96.